The summed E-state index contributed by atoms with van der Waals surface area (Å²) in [6, 6.07) is 15.2. The smallest absolute Gasteiger partial charge is 0.276 e. The van der Waals surface area contributed by atoms with E-state index in [2.05, 4.69) is 31.1 Å². The average Bonchev–Trinajstić information content (AvgIpc) is 3.25. The standard InChI is InChI=1S/C25H27N3O4/c1-16(2)17-5-7-18(8-6-17)20-14-21-25(30)27(11-12-28(21)26-20)15-22(29)19-9-10-23(31-3)24(13-19)32-4/h5-14,16,22,29H,15H2,1-4H3/t22-/m0/s1. The second-order valence-electron chi connectivity index (χ2n) is 8.02. The van der Waals surface area contributed by atoms with Crippen molar-refractivity contribution in [1.82, 2.24) is 14.2 Å². The zero-order valence-corrected chi connectivity index (χ0v) is 18.6. The van der Waals surface area contributed by atoms with Crippen molar-refractivity contribution in [2.45, 2.75) is 32.4 Å². The summed E-state index contributed by atoms with van der Waals surface area (Å²) >= 11 is 0. The fourth-order valence-electron chi connectivity index (χ4n) is 3.70. The fourth-order valence-corrected chi connectivity index (χ4v) is 3.70. The number of aliphatic hydroxyl groups excluding tert-OH is 1. The van der Waals surface area contributed by atoms with Gasteiger partial charge in [-0.05, 0) is 35.2 Å². The van der Waals surface area contributed by atoms with Crippen LogP contribution in [0.3, 0.4) is 0 Å². The Kier molecular flexibility index (Phi) is 6.01. The minimum Gasteiger partial charge on any atom is -0.493 e. The quantitative estimate of drug-likeness (QED) is 0.476. The van der Waals surface area contributed by atoms with Gasteiger partial charge in [0.1, 0.15) is 5.52 Å². The van der Waals surface area contributed by atoms with Crippen molar-refractivity contribution < 1.29 is 14.6 Å². The molecule has 4 rings (SSSR count). The number of fused-ring (bicyclic) bond motifs is 1. The third kappa shape index (κ3) is 4.11. The molecule has 0 saturated heterocycles. The Morgan fingerprint density at radius 2 is 1.62 bits per heavy atom. The minimum absolute atomic E-state index is 0.106. The maximum absolute atomic E-state index is 13.1. The predicted molar refractivity (Wildman–Crippen MR) is 123 cm³/mol. The zero-order chi connectivity index (χ0) is 22.8. The van der Waals surface area contributed by atoms with Crippen LogP contribution < -0.4 is 15.0 Å². The van der Waals surface area contributed by atoms with Gasteiger partial charge in [-0.2, -0.15) is 5.10 Å². The molecule has 7 heteroatoms. The lowest BCUT2D eigenvalue weighted by atomic mass is 10.0. The third-order valence-corrected chi connectivity index (χ3v) is 5.64. The first-order chi connectivity index (χ1) is 15.4. The Morgan fingerprint density at radius 3 is 2.28 bits per heavy atom. The summed E-state index contributed by atoms with van der Waals surface area (Å²) in [5.74, 6) is 1.56. The summed E-state index contributed by atoms with van der Waals surface area (Å²) in [7, 11) is 3.10. The molecule has 7 nitrogen and oxygen atoms in total. The van der Waals surface area contributed by atoms with Crippen LogP contribution in [-0.2, 0) is 6.54 Å². The predicted octanol–water partition coefficient (Wildman–Crippen LogP) is 4.04. The van der Waals surface area contributed by atoms with E-state index in [1.54, 1.807) is 55.4 Å². The van der Waals surface area contributed by atoms with Gasteiger partial charge in [-0.15, -0.1) is 0 Å². The summed E-state index contributed by atoms with van der Waals surface area (Å²) < 4.78 is 13.6. The largest absolute Gasteiger partial charge is 0.493 e. The van der Waals surface area contributed by atoms with Gasteiger partial charge in [0.25, 0.3) is 5.56 Å². The molecule has 0 aliphatic rings. The highest BCUT2D eigenvalue weighted by atomic mass is 16.5. The van der Waals surface area contributed by atoms with Crippen LogP contribution in [0.15, 0.2) is 65.7 Å². The van der Waals surface area contributed by atoms with E-state index in [-0.39, 0.29) is 12.1 Å². The summed E-state index contributed by atoms with van der Waals surface area (Å²) in [6.45, 7) is 4.41. The molecule has 32 heavy (non-hydrogen) atoms. The molecule has 1 atom stereocenters. The van der Waals surface area contributed by atoms with Gasteiger partial charge < -0.3 is 19.1 Å². The molecule has 4 aromatic rings. The number of aliphatic hydroxyl groups is 1. The number of rotatable bonds is 7. The van der Waals surface area contributed by atoms with Crippen molar-refractivity contribution in [2.75, 3.05) is 14.2 Å². The molecule has 0 aliphatic heterocycles. The van der Waals surface area contributed by atoms with Crippen LogP contribution in [0.1, 0.15) is 37.0 Å². The Hall–Kier alpha value is -3.58. The SMILES string of the molecule is COc1ccc([C@@H](O)Cn2ccn3nc(-c4ccc(C(C)C)cc4)cc3c2=O)cc1OC. The van der Waals surface area contributed by atoms with Crippen molar-refractivity contribution in [1.29, 1.82) is 0 Å². The first-order valence-electron chi connectivity index (χ1n) is 10.5. The highest BCUT2D eigenvalue weighted by Gasteiger charge is 2.15. The van der Waals surface area contributed by atoms with E-state index in [1.165, 1.54) is 10.1 Å². The molecule has 0 radical (unpaired) electrons. The van der Waals surface area contributed by atoms with E-state index in [9.17, 15) is 9.90 Å². The molecule has 1 N–H and O–H groups in total. The molecule has 0 spiro atoms. The Balaban J connectivity index is 1.62. The molecule has 0 aliphatic carbocycles. The van der Waals surface area contributed by atoms with Crippen molar-refractivity contribution in [3.05, 3.63) is 82.4 Å². The molecule has 166 valence electrons. The summed E-state index contributed by atoms with van der Waals surface area (Å²) in [5.41, 5.74) is 3.81. The molecule has 0 saturated carbocycles. The van der Waals surface area contributed by atoms with E-state index < -0.39 is 6.10 Å². The number of methoxy groups -OCH3 is 2. The molecule has 2 aromatic heterocycles. The maximum atomic E-state index is 13.1. The minimum atomic E-state index is -0.888. The molecule has 2 heterocycles. The van der Waals surface area contributed by atoms with Gasteiger partial charge in [0.2, 0.25) is 0 Å². The normalized spacial score (nSPS) is 12.3. The molecule has 2 aromatic carbocycles. The van der Waals surface area contributed by atoms with Gasteiger partial charge in [0, 0.05) is 18.0 Å². The summed E-state index contributed by atoms with van der Waals surface area (Å²) in [4.78, 5) is 13.1. The molecule has 0 amide bonds. The van der Waals surface area contributed by atoms with Gasteiger partial charge in [-0.3, -0.25) is 4.79 Å². The summed E-state index contributed by atoms with van der Waals surface area (Å²) in [6.07, 6.45) is 2.48. The van der Waals surface area contributed by atoms with Crippen LogP contribution in [0.5, 0.6) is 11.5 Å². The Labute approximate surface area is 186 Å². The van der Waals surface area contributed by atoms with Crippen molar-refractivity contribution in [3.63, 3.8) is 0 Å². The number of hydrogen-bond donors (Lipinski definition) is 1. The first kappa shape index (κ1) is 21.6. The van der Waals surface area contributed by atoms with Gasteiger partial charge in [-0.25, -0.2) is 4.52 Å². The second-order valence-corrected chi connectivity index (χ2v) is 8.02. The maximum Gasteiger partial charge on any atom is 0.276 e. The number of hydrogen-bond acceptors (Lipinski definition) is 5. The average molecular weight is 434 g/mol. The van der Waals surface area contributed by atoms with Crippen LogP contribution in [0, 0.1) is 0 Å². The number of ether oxygens (including phenoxy) is 2. The molecule has 0 fully saturated rings. The molecule has 0 unspecified atom stereocenters. The highest BCUT2D eigenvalue weighted by Crippen LogP contribution is 2.30. The van der Waals surface area contributed by atoms with Gasteiger partial charge in [0.15, 0.2) is 11.5 Å². The van der Waals surface area contributed by atoms with Gasteiger partial charge in [-0.1, -0.05) is 44.2 Å². The lowest BCUT2D eigenvalue weighted by molar-refractivity contribution is 0.154. The number of aromatic nitrogens is 3. The van der Waals surface area contributed by atoms with Crippen LogP contribution in [0.25, 0.3) is 16.8 Å². The third-order valence-electron chi connectivity index (χ3n) is 5.64. The van der Waals surface area contributed by atoms with Crippen molar-refractivity contribution >= 4 is 5.52 Å². The van der Waals surface area contributed by atoms with E-state index in [0.717, 1.165) is 11.3 Å². The first-order valence-corrected chi connectivity index (χ1v) is 10.5. The van der Waals surface area contributed by atoms with E-state index in [4.69, 9.17) is 9.47 Å². The number of nitrogens with zero attached hydrogens (tertiary/aromatic N) is 3. The monoisotopic (exact) mass is 433 g/mol. The Morgan fingerprint density at radius 1 is 0.938 bits per heavy atom. The number of benzene rings is 2. The zero-order valence-electron chi connectivity index (χ0n) is 18.6. The van der Waals surface area contributed by atoms with E-state index >= 15 is 0 Å². The lowest BCUT2D eigenvalue weighted by Crippen LogP contribution is -2.24. The van der Waals surface area contributed by atoms with Crippen LogP contribution in [-0.4, -0.2) is 33.5 Å². The fraction of sp³-hybridized carbons (Fsp3) is 0.280. The van der Waals surface area contributed by atoms with E-state index in [0.29, 0.717) is 28.5 Å². The van der Waals surface area contributed by atoms with Crippen LogP contribution in [0.2, 0.25) is 0 Å². The molecular weight excluding hydrogens is 406 g/mol. The highest BCUT2D eigenvalue weighted by molar-refractivity contribution is 5.65. The second kappa shape index (κ2) is 8.88. The van der Waals surface area contributed by atoms with Gasteiger partial charge in [0.05, 0.1) is 32.6 Å². The van der Waals surface area contributed by atoms with Crippen molar-refractivity contribution in [3.8, 4) is 22.8 Å². The van der Waals surface area contributed by atoms with Gasteiger partial charge >= 0.3 is 0 Å². The lowest BCUT2D eigenvalue weighted by Gasteiger charge is -2.15. The molecular formula is C25H27N3O4. The van der Waals surface area contributed by atoms with Crippen molar-refractivity contribution in [2.24, 2.45) is 0 Å². The van der Waals surface area contributed by atoms with Crippen LogP contribution in [0.4, 0.5) is 0 Å². The topological polar surface area (TPSA) is 78.0 Å². The Bertz CT molecular complexity index is 1290. The van der Waals surface area contributed by atoms with Crippen LogP contribution >= 0.6 is 0 Å². The summed E-state index contributed by atoms with van der Waals surface area (Å²) in [5, 5.41) is 15.3. The van der Waals surface area contributed by atoms with E-state index in [1.807, 2.05) is 12.1 Å². The molecule has 0 bridgehead atoms.